The third-order valence-corrected chi connectivity index (χ3v) is 7.82. The number of anilines is 1. The zero-order chi connectivity index (χ0) is 29.8. The van der Waals surface area contributed by atoms with Crippen molar-refractivity contribution in [2.24, 2.45) is 0 Å². The van der Waals surface area contributed by atoms with E-state index in [1.807, 2.05) is 49.4 Å². The Kier molecular flexibility index (Phi) is 7.92. The van der Waals surface area contributed by atoms with Crippen LogP contribution in [0.5, 0.6) is 5.75 Å². The minimum absolute atomic E-state index is 0.146. The van der Waals surface area contributed by atoms with E-state index in [1.54, 1.807) is 30.3 Å². The number of para-hydroxylation sites is 3. The third-order valence-electron chi connectivity index (χ3n) is 7.82. The number of carboxylic acid groups (broad SMARTS) is 1. The van der Waals surface area contributed by atoms with Crippen LogP contribution in [0.25, 0.3) is 21.8 Å². The second-order valence-corrected chi connectivity index (χ2v) is 10.6. The van der Waals surface area contributed by atoms with Gasteiger partial charge in [0.25, 0.3) is 0 Å². The molecule has 0 radical (unpaired) electrons. The van der Waals surface area contributed by atoms with Crippen LogP contribution in [0.4, 0.5) is 5.69 Å². The van der Waals surface area contributed by atoms with E-state index in [0.29, 0.717) is 30.0 Å². The van der Waals surface area contributed by atoms with E-state index in [2.05, 4.69) is 58.4 Å². The number of hydrogen-bond acceptors (Lipinski definition) is 4. The van der Waals surface area contributed by atoms with Gasteiger partial charge in [-0.3, -0.25) is 4.79 Å². The number of nitrogens with one attached hydrogen (secondary N) is 1. The van der Waals surface area contributed by atoms with Crippen molar-refractivity contribution in [3.05, 3.63) is 144 Å². The van der Waals surface area contributed by atoms with E-state index in [9.17, 15) is 14.7 Å². The van der Waals surface area contributed by atoms with Crippen molar-refractivity contribution < 1.29 is 19.4 Å². The molecule has 0 saturated heterocycles. The molecule has 0 fully saturated rings. The molecule has 43 heavy (non-hydrogen) atoms. The van der Waals surface area contributed by atoms with Crippen LogP contribution >= 0.6 is 0 Å². The van der Waals surface area contributed by atoms with Gasteiger partial charge in [0, 0.05) is 45.0 Å². The summed E-state index contributed by atoms with van der Waals surface area (Å²) in [6.07, 6.45) is 0.240. The molecule has 0 spiro atoms. The SMILES string of the molecule is Cc1ccccc1C(=O)c1ccccc1NC(Cc1ccc(OCCn2c3ccccc3c3ccccc32)cc1)C(=O)O. The van der Waals surface area contributed by atoms with E-state index in [0.717, 1.165) is 16.9 Å². The molecule has 1 aromatic heterocycles. The molecule has 1 heterocycles. The molecule has 0 aliphatic heterocycles. The number of ketones is 1. The molecule has 6 nitrogen and oxygen atoms in total. The summed E-state index contributed by atoms with van der Waals surface area (Å²) in [5, 5.41) is 15.6. The second-order valence-electron chi connectivity index (χ2n) is 10.6. The van der Waals surface area contributed by atoms with Crippen LogP contribution in [0.15, 0.2) is 121 Å². The lowest BCUT2D eigenvalue weighted by atomic mass is 9.97. The largest absolute Gasteiger partial charge is 0.492 e. The second kappa shape index (κ2) is 12.2. The Labute approximate surface area is 250 Å². The lowest BCUT2D eigenvalue weighted by molar-refractivity contribution is -0.137. The summed E-state index contributed by atoms with van der Waals surface area (Å²) in [7, 11) is 0. The first-order valence-corrected chi connectivity index (χ1v) is 14.4. The molecule has 1 unspecified atom stereocenters. The first-order chi connectivity index (χ1) is 21.0. The van der Waals surface area contributed by atoms with Gasteiger partial charge in [0.2, 0.25) is 0 Å². The fourth-order valence-corrected chi connectivity index (χ4v) is 5.62. The summed E-state index contributed by atoms with van der Waals surface area (Å²) < 4.78 is 8.37. The topological polar surface area (TPSA) is 80.6 Å². The summed E-state index contributed by atoms with van der Waals surface area (Å²) in [5.74, 6) is -0.420. The van der Waals surface area contributed by atoms with Gasteiger partial charge in [-0.15, -0.1) is 0 Å². The van der Waals surface area contributed by atoms with Crippen LogP contribution in [0.2, 0.25) is 0 Å². The number of aryl methyl sites for hydroxylation is 1. The number of nitrogens with zero attached hydrogens (tertiary/aromatic N) is 1. The van der Waals surface area contributed by atoms with Crippen LogP contribution in [-0.2, 0) is 17.8 Å². The minimum Gasteiger partial charge on any atom is -0.492 e. The van der Waals surface area contributed by atoms with Crippen LogP contribution in [0, 0.1) is 6.92 Å². The van der Waals surface area contributed by atoms with Crippen molar-refractivity contribution in [2.45, 2.75) is 25.9 Å². The molecular formula is C37H32N2O4. The molecule has 0 saturated carbocycles. The van der Waals surface area contributed by atoms with Gasteiger partial charge in [0.15, 0.2) is 5.78 Å². The Hall–Kier alpha value is -5.36. The predicted molar refractivity (Wildman–Crippen MR) is 171 cm³/mol. The Morgan fingerprint density at radius 1 is 0.744 bits per heavy atom. The van der Waals surface area contributed by atoms with Crippen molar-refractivity contribution in [2.75, 3.05) is 11.9 Å². The maximum Gasteiger partial charge on any atom is 0.326 e. The normalized spacial score (nSPS) is 11.8. The molecule has 1 atom stereocenters. The van der Waals surface area contributed by atoms with Gasteiger partial charge in [-0.25, -0.2) is 4.79 Å². The van der Waals surface area contributed by atoms with Gasteiger partial charge in [-0.1, -0.05) is 84.9 Å². The van der Waals surface area contributed by atoms with Crippen molar-refractivity contribution in [3.8, 4) is 5.75 Å². The number of carbonyl (C=O) groups excluding carboxylic acids is 1. The number of hydrogen-bond donors (Lipinski definition) is 2. The van der Waals surface area contributed by atoms with Crippen LogP contribution in [-0.4, -0.2) is 34.1 Å². The molecule has 6 heteroatoms. The summed E-state index contributed by atoms with van der Waals surface area (Å²) in [6.45, 7) is 3.08. The molecule has 6 rings (SSSR count). The van der Waals surface area contributed by atoms with Gasteiger partial charge in [-0.05, 0) is 54.4 Å². The number of benzene rings is 5. The van der Waals surface area contributed by atoms with Crippen LogP contribution in [0.3, 0.4) is 0 Å². The lowest BCUT2D eigenvalue weighted by Crippen LogP contribution is -2.32. The highest BCUT2D eigenvalue weighted by Crippen LogP contribution is 2.29. The quantitative estimate of drug-likeness (QED) is 0.158. The van der Waals surface area contributed by atoms with E-state index < -0.39 is 12.0 Å². The molecule has 5 aromatic carbocycles. The number of fused-ring (bicyclic) bond motifs is 3. The van der Waals surface area contributed by atoms with Gasteiger partial charge in [-0.2, -0.15) is 0 Å². The predicted octanol–water partition coefficient (Wildman–Crippen LogP) is 7.52. The third kappa shape index (κ3) is 5.86. The van der Waals surface area contributed by atoms with Crippen molar-refractivity contribution >= 4 is 39.2 Å². The fourth-order valence-electron chi connectivity index (χ4n) is 5.62. The standard InChI is InChI=1S/C37H32N2O4/c1-25-10-2-3-11-28(25)36(40)31-14-4-7-15-32(31)38-33(37(41)42)24-26-18-20-27(21-19-26)43-23-22-39-34-16-8-5-12-29(34)30-13-6-9-17-35(30)39/h2-21,33,38H,22-24H2,1H3,(H,41,42). The van der Waals surface area contributed by atoms with Gasteiger partial charge in [0.1, 0.15) is 18.4 Å². The summed E-state index contributed by atoms with van der Waals surface area (Å²) in [4.78, 5) is 25.6. The molecule has 6 aromatic rings. The Morgan fingerprint density at radius 3 is 1.98 bits per heavy atom. The smallest absolute Gasteiger partial charge is 0.326 e. The van der Waals surface area contributed by atoms with E-state index in [4.69, 9.17) is 4.74 Å². The Morgan fingerprint density at radius 2 is 1.33 bits per heavy atom. The Balaban J connectivity index is 1.12. The van der Waals surface area contributed by atoms with Crippen LogP contribution in [0.1, 0.15) is 27.0 Å². The zero-order valence-corrected chi connectivity index (χ0v) is 23.9. The molecule has 2 N–H and O–H groups in total. The number of carbonyl (C=O) groups is 2. The van der Waals surface area contributed by atoms with Crippen molar-refractivity contribution in [1.29, 1.82) is 0 Å². The molecule has 214 valence electrons. The number of aliphatic carboxylic acids is 1. The zero-order valence-electron chi connectivity index (χ0n) is 23.9. The summed E-state index contributed by atoms with van der Waals surface area (Å²) >= 11 is 0. The molecular weight excluding hydrogens is 536 g/mol. The van der Waals surface area contributed by atoms with Gasteiger partial charge in [0.05, 0.1) is 6.54 Å². The van der Waals surface area contributed by atoms with Crippen molar-refractivity contribution in [3.63, 3.8) is 0 Å². The molecule has 0 bridgehead atoms. The van der Waals surface area contributed by atoms with Crippen molar-refractivity contribution in [1.82, 2.24) is 4.57 Å². The monoisotopic (exact) mass is 568 g/mol. The van der Waals surface area contributed by atoms with Gasteiger partial charge < -0.3 is 19.7 Å². The maximum absolute atomic E-state index is 13.3. The van der Waals surface area contributed by atoms with Crippen LogP contribution < -0.4 is 10.1 Å². The highest BCUT2D eigenvalue weighted by molar-refractivity contribution is 6.13. The lowest BCUT2D eigenvalue weighted by Gasteiger charge is -2.19. The molecule has 0 aliphatic rings. The van der Waals surface area contributed by atoms with Gasteiger partial charge >= 0.3 is 5.97 Å². The number of aromatic nitrogens is 1. The summed E-state index contributed by atoms with van der Waals surface area (Å²) in [6, 6.07) is 37.8. The number of rotatable bonds is 11. The number of carboxylic acids is 1. The minimum atomic E-state index is -0.996. The van der Waals surface area contributed by atoms with E-state index in [-0.39, 0.29) is 12.2 Å². The highest BCUT2D eigenvalue weighted by Gasteiger charge is 2.22. The number of ether oxygens (including phenoxy) is 1. The maximum atomic E-state index is 13.3. The average Bonchev–Trinajstić information content (AvgIpc) is 3.35. The molecule has 0 aliphatic carbocycles. The summed E-state index contributed by atoms with van der Waals surface area (Å²) in [5.41, 5.74) is 5.60. The fraction of sp³-hybridized carbons (Fsp3) is 0.135. The first kappa shape index (κ1) is 27.8. The Bertz CT molecular complexity index is 1870. The average molecular weight is 569 g/mol. The molecule has 0 amide bonds. The first-order valence-electron chi connectivity index (χ1n) is 14.4. The highest BCUT2D eigenvalue weighted by atomic mass is 16.5. The van der Waals surface area contributed by atoms with E-state index in [1.165, 1.54) is 21.8 Å². The van der Waals surface area contributed by atoms with E-state index >= 15 is 0 Å².